The second-order valence-electron chi connectivity index (χ2n) is 9.59. The highest BCUT2D eigenvalue weighted by Crippen LogP contribution is 2.37. The molecule has 0 saturated heterocycles. The highest BCUT2D eigenvalue weighted by Gasteiger charge is 2.17. The molecule has 1 aliphatic rings. The fourth-order valence-electron chi connectivity index (χ4n) is 4.95. The molecule has 36 heavy (non-hydrogen) atoms. The molecule has 4 rings (SSSR count). The maximum atomic E-state index is 12.2. The summed E-state index contributed by atoms with van der Waals surface area (Å²) in [6.45, 7) is 7.41. The van der Waals surface area contributed by atoms with Crippen molar-refractivity contribution in [2.75, 3.05) is 13.2 Å². The van der Waals surface area contributed by atoms with E-state index in [2.05, 4.69) is 56.0 Å². The first-order chi connectivity index (χ1) is 17.5. The summed E-state index contributed by atoms with van der Waals surface area (Å²) in [7, 11) is 0. The van der Waals surface area contributed by atoms with Gasteiger partial charge in [0.25, 0.3) is 0 Å². The van der Waals surface area contributed by atoms with E-state index >= 15 is 0 Å². The Morgan fingerprint density at radius 1 is 0.917 bits per heavy atom. The van der Waals surface area contributed by atoms with Crippen molar-refractivity contribution < 1.29 is 19.4 Å². The van der Waals surface area contributed by atoms with E-state index in [4.69, 9.17) is 14.6 Å². The molecule has 0 radical (unpaired) electrons. The molecule has 0 spiro atoms. The molecular weight excluding hydrogens is 448 g/mol. The Kier molecular flexibility index (Phi) is 8.61. The Bertz CT molecular complexity index is 1200. The van der Waals surface area contributed by atoms with Crippen molar-refractivity contribution in [1.82, 2.24) is 0 Å². The molecule has 3 aromatic carbocycles. The number of rotatable bonds is 9. The summed E-state index contributed by atoms with van der Waals surface area (Å²) in [6, 6.07) is 21.2. The smallest absolute Gasteiger partial charge is 0.338 e. The molecule has 0 bridgehead atoms. The molecule has 1 aliphatic carbocycles. The van der Waals surface area contributed by atoms with Gasteiger partial charge in [-0.3, -0.25) is 0 Å². The van der Waals surface area contributed by atoms with Crippen molar-refractivity contribution in [3.05, 3.63) is 83.9 Å². The quantitative estimate of drug-likeness (QED) is 0.194. The first-order valence-electron chi connectivity index (χ1n) is 13.0. The second kappa shape index (κ2) is 12.0. The average molecular weight is 485 g/mol. The van der Waals surface area contributed by atoms with Gasteiger partial charge in [0.2, 0.25) is 0 Å². The Labute approximate surface area is 214 Å². The lowest BCUT2D eigenvalue weighted by Crippen LogP contribution is -2.10. The number of carbonyl (C=O) groups excluding carboxylic acids is 1. The minimum Gasteiger partial charge on any atom is -0.487 e. The highest BCUT2D eigenvalue weighted by molar-refractivity contribution is 5.89. The zero-order valence-electron chi connectivity index (χ0n) is 21.4. The van der Waals surface area contributed by atoms with Gasteiger partial charge < -0.3 is 14.6 Å². The summed E-state index contributed by atoms with van der Waals surface area (Å²) in [5, 5.41) is 9.14. The Balaban J connectivity index is 1.62. The molecule has 1 saturated carbocycles. The van der Waals surface area contributed by atoms with Crippen molar-refractivity contribution in [1.29, 1.82) is 0 Å². The maximum absolute atomic E-state index is 12.2. The van der Waals surface area contributed by atoms with Crippen molar-refractivity contribution in [3.8, 4) is 33.8 Å². The van der Waals surface area contributed by atoms with Gasteiger partial charge in [0, 0.05) is 5.57 Å². The molecule has 3 aromatic rings. The van der Waals surface area contributed by atoms with Crippen LogP contribution >= 0.6 is 0 Å². The minimum absolute atomic E-state index is 0.116. The summed E-state index contributed by atoms with van der Waals surface area (Å²) >= 11 is 0. The fraction of sp³-hybridized carbons (Fsp3) is 0.344. The van der Waals surface area contributed by atoms with E-state index in [1.807, 2.05) is 12.1 Å². The van der Waals surface area contributed by atoms with Crippen LogP contribution in [0.25, 0.3) is 22.3 Å². The largest absolute Gasteiger partial charge is 0.487 e. The lowest BCUT2D eigenvalue weighted by Gasteiger charge is -2.22. The van der Waals surface area contributed by atoms with Crippen molar-refractivity contribution in [3.63, 3.8) is 0 Å². The molecule has 0 aliphatic heterocycles. The van der Waals surface area contributed by atoms with Crippen LogP contribution in [0.2, 0.25) is 0 Å². The number of aliphatic hydroxyl groups excluding tert-OH is 1. The standard InChI is InChI=1S/C32H36O4/c1-4-23-20-27(26-12-10-25(11-13-26)24-8-6-5-7-9-24)14-16-29(23)28-15-17-30(35-19-18-33)31(21-28)36-32(34)22(2)3/h10-17,20-21,24,33H,2,4-9,18-19H2,1,3H3. The van der Waals surface area contributed by atoms with E-state index in [1.54, 1.807) is 13.0 Å². The van der Waals surface area contributed by atoms with Crippen LogP contribution in [-0.4, -0.2) is 24.3 Å². The Morgan fingerprint density at radius 3 is 2.28 bits per heavy atom. The van der Waals surface area contributed by atoms with Gasteiger partial charge in [0.1, 0.15) is 6.61 Å². The maximum Gasteiger partial charge on any atom is 0.338 e. The lowest BCUT2D eigenvalue weighted by atomic mass is 9.83. The Hall–Kier alpha value is -3.37. The topological polar surface area (TPSA) is 55.8 Å². The van der Waals surface area contributed by atoms with Gasteiger partial charge in [0.15, 0.2) is 11.5 Å². The zero-order chi connectivity index (χ0) is 25.5. The lowest BCUT2D eigenvalue weighted by molar-refractivity contribution is -0.130. The van der Waals surface area contributed by atoms with Gasteiger partial charge in [-0.05, 0) is 77.6 Å². The number of hydrogen-bond donors (Lipinski definition) is 1. The van der Waals surface area contributed by atoms with Crippen LogP contribution in [0.4, 0.5) is 0 Å². The molecule has 0 atom stereocenters. The van der Waals surface area contributed by atoms with Gasteiger partial charge in [-0.2, -0.15) is 0 Å². The molecule has 0 aromatic heterocycles. The summed E-state index contributed by atoms with van der Waals surface area (Å²) in [4.78, 5) is 12.2. The second-order valence-corrected chi connectivity index (χ2v) is 9.59. The van der Waals surface area contributed by atoms with Crippen LogP contribution in [0.15, 0.2) is 72.8 Å². The van der Waals surface area contributed by atoms with E-state index in [9.17, 15) is 4.79 Å². The number of hydrogen-bond acceptors (Lipinski definition) is 4. The average Bonchev–Trinajstić information content (AvgIpc) is 2.92. The van der Waals surface area contributed by atoms with E-state index in [0.29, 0.717) is 23.0 Å². The molecule has 0 heterocycles. The molecule has 4 nitrogen and oxygen atoms in total. The molecular formula is C32H36O4. The van der Waals surface area contributed by atoms with Crippen LogP contribution in [0.5, 0.6) is 11.5 Å². The van der Waals surface area contributed by atoms with Crippen LogP contribution in [-0.2, 0) is 11.2 Å². The van der Waals surface area contributed by atoms with Crippen LogP contribution in [0, 0.1) is 0 Å². The molecule has 0 unspecified atom stereocenters. The normalized spacial score (nSPS) is 13.9. The number of aliphatic hydroxyl groups is 1. The van der Waals surface area contributed by atoms with E-state index in [-0.39, 0.29) is 13.2 Å². The van der Waals surface area contributed by atoms with Crippen molar-refractivity contribution in [2.24, 2.45) is 0 Å². The number of aryl methyl sites for hydroxylation is 1. The molecule has 188 valence electrons. The molecule has 1 N–H and O–H groups in total. The Morgan fingerprint density at radius 2 is 1.61 bits per heavy atom. The van der Waals surface area contributed by atoms with E-state index in [1.165, 1.54) is 54.4 Å². The third-order valence-electron chi connectivity index (χ3n) is 6.96. The van der Waals surface area contributed by atoms with Gasteiger partial charge in [0.05, 0.1) is 6.61 Å². The number of ether oxygens (including phenoxy) is 2. The fourth-order valence-corrected chi connectivity index (χ4v) is 4.95. The number of benzene rings is 3. The van der Waals surface area contributed by atoms with Crippen molar-refractivity contribution >= 4 is 5.97 Å². The minimum atomic E-state index is -0.510. The summed E-state index contributed by atoms with van der Waals surface area (Å²) in [6.07, 6.45) is 7.54. The van der Waals surface area contributed by atoms with Crippen LogP contribution in [0.3, 0.4) is 0 Å². The number of esters is 1. The third kappa shape index (κ3) is 6.06. The first kappa shape index (κ1) is 25.7. The highest BCUT2D eigenvalue weighted by atomic mass is 16.6. The van der Waals surface area contributed by atoms with Gasteiger partial charge in [-0.25, -0.2) is 4.79 Å². The summed E-state index contributed by atoms with van der Waals surface area (Å²) in [5.41, 5.74) is 7.42. The van der Waals surface area contributed by atoms with E-state index in [0.717, 1.165) is 17.5 Å². The molecule has 4 heteroatoms. The zero-order valence-corrected chi connectivity index (χ0v) is 21.4. The van der Waals surface area contributed by atoms with Gasteiger partial charge in [-0.1, -0.05) is 81.3 Å². The molecule has 0 amide bonds. The van der Waals surface area contributed by atoms with Gasteiger partial charge in [-0.15, -0.1) is 0 Å². The predicted molar refractivity (Wildman–Crippen MR) is 146 cm³/mol. The number of carbonyl (C=O) groups is 1. The predicted octanol–water partition coefficient (Wildman–Crippen LogP) is 7.48. The van der Waals surface area contributed by atoms with E-state index < -0.39 is 5.97 Å². The van der Waals surface area contributed by atoms with Crippen LogP contribution < -0.4 is 9.47 Å². The third-order valence-corrected chi connectivity index (χ3v) is 6.96. The van der Waals surface area contributed by atoms with Gasteiger partial charge >= 0.3 is 5.97 Å². The summed E-state index contributed by atoms with van der Waals surface area (Å²) in [5.74, 6) is 0.927. The summed E-state index contributed by atoms with van der Waals surface area (Å²) < 4.78 is 11.1. The monoisotopic (exact) mass is 484 g/mol. The molecule has 1 fully saturated rings. The first-order valence-corrected chi connectivity index (χ1v) is 13.0. The SMILES string of the molecule is C=C(C)C(=O)Oc1cc(-c2ccc(-c3ccc(C4CCCCC4)cc3)cc2CC)ccc1OCCO. The van der Waals surface area contributed by atoms with Crippen molar-refractivity contribution in [2.45, 2.75) is 58.3 Å². The van der Waals surface area contributed by atoms with Crippen LogP contribution in [0.1, 0.15) is 63.0 Å².